The van der Waals surface area contributed by atoms with E-state index in [1.165, 1.54) is 12.1 Å². The fourth-order valence-corrected chi connectivity index (χ4v) is 13.6. The van der Waals surface area contributed by atoms with Crippen LogP contribution in [0.15, 0.2) is 109 Å². The van der Waals surface area contributed by atoms with E-state index in [1.807, 2.05) is 48.2 Å². The van der Waals surface area contributed by atoms with Gasteiger partial charge >= 0.3 is 0 Å². The number of rotatable bonds is 52. The van der Waals surface area contributed by atoms with Crippen LogP contribution in [0.1, 0.15) is 90.2 Å². The van der Waals surface area contributed by atoms with Gasteiger partial charge in [-0.05, 0) is 84.8 Å². The first-order chi connectivity index (χ1) is 60.6. The van der Waals surface area contributed by atoms with Gasteiger partial charge in [0.15, 0.2) is 63.1 Å². The van der Waals surface area contributed by atoms with Gasteiger partial charge in [-0.2, -0.15) is 9.37 Å². The number of aryl methyl sites for hydroxylation is 1. The van der Waals surface area contributed by atoms with Gasteiger partial charge in [0.1, 0.15) is 49.6 Å². The van der Waals surface area contributed by atoms with Gasteiger partial charge in [0.25, 0.3) is 0 Å². The van der Waals surface area contributed by atoms with E-state index in [9.17, 15) is 18.7 Å². The zero-order chi connectivity index (χ0) is 89.0. The monoisotopic (exact) mass is 1740 g/mol. The molecule has 5 aromatic heterocycles. The van der Waals surface area contributed by atoms with Crippen molar-refractivity contribution in [2.45, 2.75) is 72.4 Å². The van der Waals surface area contributed by atoms with Gasteiger partial charge in [0, 0.05) is 115 Å². The Hall–Kier alpha value is -11.5. The second-order valence-corrected chi connectivity index (χ2v) is 29.6. The summed E-state index contributed by atoms with van der Waals surface area (Å²) in [5, 5.41) is 10.0. The van der Waals surface area contributed by atoms with Crippen LogP contribution in [0.3, 0.4) is 0 Å². The number of nitrogen functional groups attached to an aromatic ring is 3. The summed E-state index contributed by atoms with van der Waals surface area (Å²) in [7, 11) is 7.84. The molecule has 0 radical (unpaired) electrons. The minimum atomic E-state index is -1.05. The summed E-state index contributed by atoms with van der Waals surface area (Å²) >= 11 is 0. The second kappa shape index (κ2) is 49.3. The van der Waals surface area contributed by atoms with Crippen molar-refractivity contribution in [2.75, 3.05) is 223 Å². The molecule has 0 saturated heterocycles. The number of methoxy groups -OCH3 is 5. The van der Waals surface area contributed by atoms with Gasteiger partial charge in [-0.25, -0.2) is 39.3 Å². The molecule has 125 heavy (non-hydrogen) atoms. The lowest BCUT2D eigenvalue weighted by atomic mass is 9.78. The maximum absolute atomic E-state index is 14.7. The van der Waals surface area contributed by atoms with Gasteiger partial charge < -0.3 is 122 Å². The van der Waals surface area contributed by atoms with Gasteiger partial charge in [-0.1, -0.05) is 27.4 Å². The van der Waals surface area contributed by atoms with Crippen molar-refractivity contribution in [3.63, 3.8) is 0 Å². The number of halogens is 2. The van der Waals surface area contributed by atoms with Crippen LogP contribution in [-0.2, 0) is 73.1 Å². The Morgan fingerprint density at radius 3 is 1.41 bits per heavy atom. The molecule has 9 aromatic rings. The number of fused-ring (bicyclic) bond motifs is 4. The van der Waals surface area contributed by atoms with E-state index >= 15 is 0 Å². The maximum Gasteiger partial charge on any atom is 0.221 e. The number of ether oxygens (including phenoxy) is 19. The summed E-state index contributed by atoms with van der Waals surface area (Å²) in [4.78, 5) is 48.9. The summed E-state index contributed by atoms with van der Waals surface area (Å²) < 4.78 is 139. The Morgan fingerprint density at radius 2 is 0.960 bits per heavy atom. The normalized spacial score (nSPS) is 13.4. The minimum absolute atomic E-state index is 0.0244. The molecule has 11 rings (SSSR count). The van der Waals surface area contributed by atoms with E-state index < -0.39 is 11.6 Å². The predicted molar refractivity (Wildman–Crippen MR) is 462 cm³/mol. The number of aromatic nitrogens is 9. The Labute approximate surface area is 726 Å². The number of hydrogen-bond donors (Lipinski definition) is 4. The van der Waals surface area contributed by atoms with E-state index in [0.29, 0.717) is 245 Å². The van der Waals surface area contributed by atoms with Crippen LogP contribution >= 0.6 is 0 Å². The molecule has 676 valence electrons. The summed E-state index contributed by atoms with van der Waals surface area (Å²) in [6.45, 7) is 22.8. The topological polar surface area (TPSA) is 402 Å². The highest BCUT2D eigenvalue weighted by atomic mass is 19.2. The van der Waals surface area contributed by atoms with Crippen molar-refractivity contribution in [1.82, 2.24) is 44.4 Å². The van der Waals surface area contributed by atoms with E-state index in [-0.39, 0.29) is 72.4 Å². The number of aliphatic hydroxyl groups excluding tert-OH is 1. The number of aliphatic hydroxyl groups is 1. The second-order valence-electron chi connectivity index (χ2n) is 29.6. The largest absolute Gasteiger partial charge is 0.508 e. The van der Waals surface area contributed by atoms with Gasteiger partial charge in [-0.15, -0.1) is 0 Å². The molecule has 2 aliphatic heterocycles. The highest BCUT2D eigenvalue weighted by Gasteiger charge is 2.35. The number of hydrogen-bond acceptors (Lipinski definition) is 33. The number of pyridine rings is 1. The quantitative estimate of drug-likeness (QED) is 0.0203. The van der Waals surface area contributed by atoms with E-state index in [4.69, 9.17) is 107 Å². The van der Waals surface area contributed by atoms with Crippen LogP contribution in [-0.4, -0.2) is 250 Å². The average molecular weight is 1740 g/mol. The van der Waals surface area contributed by atoms with Gasteiger partial charge in [-0.3, -0.25) is 4.79 Å². The lowest BCUT2D eigenvalue weighted by molar-refractivity contribution is -0.0143. The standard InChI is InChI=1S/C45H61N5O12.C44H54F2N8O9/c1-29(51)34-28-50-35(26-36(34)52)33-25-37(53-5)38(23-31(33)24-41(50)45(2,3)4)61-18-16-59-14-12-57-10-8-56-9-11-58-13-15-60-17-19-62-42-39(54-6)21-30(22-40(42)55-7)20-32-27-48-44(47)49-43(32)46;1-29-34-28-51-44(43-48-7-5-8-49-43)53-36(34)6-9-54(29)33-25-35(45)40(46)37(26-33)62-20-18-60-16-14-58-12-10-57-11-13-59-15-17-61-19-21-63-41-38(55-3)23-31(24-39(41)56-4)22-32-27-50-30(2)52-42(32)47/h21-23,25-28,41,51H,1,8-20,24H2,2-7H3,(H4,46,47,48,49);5,7-8,23-29H,6,9-22H2,1-4H3,(H2,47,50,52)/t41-;29-/m01/s1. The lowest BCUT2D eigenvalue weighted by Crippen LogP contribution is -2.35. The minimum Gasteiger partial charge on any atom is -0.508 e. The summed E-state index contributed by atoms with van der Waals surface area (Å²) in [6.07, 6.45) is 12.3. The molecule has 2 aliphatic rings. The Balaban J connectivity index is 0.000000261. The predicted octanol–water partition coefficient (Wildman–Crippen LogP) is 10.5. The van der Waals surface area contributed by atoms with Crippen molar-refractivity contribution in [3.05, 3.63) is 177 Å². The fraction of sp³-hybridized carbons (Fsp3) is 0.472. The van der Waals surface area contributed by atoms with Crippen molar-refractivity contribution >= 4 is 29.0 Å². The molecular weight excluding hydrogens is 1630 g/mol. The van der Waals surface area contributed by atoms with E-state index in [2.05, 4.69) is 71.8 Å². The van der Waals surface area contributed by atoms with Crippen LogP contribution in [0.2, 0.25) is 0 Å². The Kier molecular flexibility index (Phi) is 37.8. The average Bonchev–Trinajstić information content (AvgIpc) is 0.741. The molecule has 0 fully saturated rings. The molecule has 2 atom stereocenters. The third-order valence-electron chi connectivity index (χ3n) is 19.9. The van der Waals surface area contributed by atoms with Crippen LogP contribution in [0.5, 0.6) is 51.7 Å². The van der Waals surface area contributed by atoms with Crippen LogP contribution in [0.4, 0.5) is 32.1 Å². The Bertz CT molecular complexity index is 4930. The third kappa shape index (κ3) is 28.3. The lowest BCUT2D eigenvalue weighted by Gasteiger charge is -2.39. The van der Waals surface area contributed by atoms with E-state index in [0.717, 1.165) is 50.3 Å². The fourth-order valence-electron chi connectivity index (χ4n) is 13.6. The number of nitrogens with zero attached hydrogens (tertiary/aromatic N) is 10. The first-order valence-electron chi connectivity index (χ1n) is 41.1. The molecule has 0 amide bonds. The summed E-state index contributed by atoms with van der Waals surface area (Å²) in [6, 6.07) is 17.1. The van der Waals surface area contributed by atoms with Crippen molar-refractivity contribution in [3.8, 4) is 74.7 Å². The molecule has 4 aromatic carbocycles. The summed E-state index contributed by atoms with van der Waals surface area (Å²) in [5.74, 6) is 4.08. The molecule has 0 saturated carbocycles. The van der Waals surface area contributed by atoms with Crippen molar-refractivity contribution < 1.29 is 104 Å². The maximum atomic E-state index is 14.7. The molecule has 0 aliphatic carbocycles. The zero-order valence-electron chi connectivity index (χ0n) is 72.7. The smallest absolute Gasteiger partial charge is 0.221 e. The van der Waals surface area contributed by atoms with Crippen LogP contribution in [0, 0.1) is 24.0 Å². The number of nitrogens with two attached hydrogens (primary N) is 3. The van der Waals surface area contributed by atoms with Gasteiger partial charge in [0.05, 0.1) is 191 Å². The van der Waals surface area contributed by atoms with Crippen molar-refractivity contribution in [1.29, 1.82) is 0 Å². The molecule has 0 unspecified atom stereocenters. The first-order valence-corrected chi connectivity index (χ1v) is 41.1. The zero-order valence-corrected chi connectivity index (χ0v) is 72.7. The Morgan fingerprint density at radius 1 is 0.512 bits per heavy atom. The van der Waals surface area contributed by atoms with Crippen molar-refractivity contribution in [2.24, 2.45) is 5.41 Å². The number of anilines is 4. The molecule has 34 nitrogen and oxygen atoms in total. The van der Waals surface area contributed by atoms with E-state index in [1.54, 1.807) is 91.8 Å². The molecule has 0 bridgehead atoms. The first kappa shape index (κ1) is 95.8. The summed E-state index contributed by atoms with van der Waals surface area (Å²) in [5.41, 5.74) is 25.7. The SMILES string of the molecule is C=C(O)c1cn2c(cc1=O)-c1cc(OC)c(OCCOCCOCCOCCOCCOCCOc3c(OC)cc(Cc4cnc(N)nc4N)cc3OC)cc1C[C@H]2C(C)(C)C.COc1cc(Cc2cnc(C)nc2N)cc(OC)c1OCCOCCOCCOCCOCCOCCOc1cc(N2CCc3nc(-c4ncccn4)ncc3[C@H]2C)cc(F)c1F. The third-order valence-corrected chi connectivity index (χ3v) is 19.9. The van der Waals surface area contributed by atoms with Crippen LogP contribution in [0.25, 0.3) is 28.7 Å². The number of benzene rings is 4. The molecular formula is C89H115F2N13O21. The highest BCUT2D eigenvalue weighted by molar-refractivity contribution is 5.72. The van der Waals surface area contributed by atoms with Gasteiger partial charge in [0.2, 0.25) is 23.3 Å². The molecule has 7 heterocycles. The molecule has 7 N–H and O–H groups in total. The van der Waals surface area contributed by atoms with Crippen LogP contribution < -0.4 is 70.2 Å². The highest BCUT2D eigenvalue weighted by Crippen LogP contribution is 2.47. The molecule has 0 spiro atoms. The molecule has 36 heteroatoms.